The minimum atomic E-state index is 0.880. The van der Waals surface area contributed by atoms with Crippen molar-refractivity contribution in [2.75, 3.05) is 19.6 Å². The highest BCUT2D eigenvalue weighted by Gasteiger charge is 2.15. The lowest BCUT2D eigenvalue weighted by atomic mass is 10.1. The first kappa shape index (κ1) is 11.0. The molecule has 1 heterocycles. The molecule has 0 N–H and O–H groups in total. The molecular weight excluding hydrogens is 158 g/mol. The molecule has 0 bridgehead atoms. The van der Waals surface area contributed by atoms with Crippen LogP contribution in [0.15, 0.2) is 0 Å². The standard InChI is InChI=1S/C12H25N/c1-4-11(2)9-13-8-6-5-7-12(3)10-13/h11-12H,4-10H2,1-3H3. The second-order valence-corrected chi connectivity index (χ2v) is 4.87. The van der Waals surface area contributed by atoms with Crippen molar-refractivity contribution in [1.29, 1.82) is 0 Å². The van der Waals surface area contributed by atoms with E-state index >= 15 is 0 Å². The van der Waals surface area contributed by atoms with Crippen molar-refractivity contribution in [3.8, 4) is 0 Å². The van der Waals surface area contributed by atoms with E-state index in [4.69, 9.17) is 0 Å². The minimum absolute atomic E-state index is 0.880. The lowest BCUT2D eigenvalue weighted by Gasteiger charge is -2.25. The maximum atomic E-state index is 2.67. The molecule has 0 saturated carbocycles. The van der Waals surface area contributed by atoms with E-state index in [2.05, 4.69) is 25.7 Å². The van der Waals surface area contributed by atoms with Gasteiger partial charge in [0, 0.05) is 13.1 Å². The first-order valence-electron chi connectivity index (χ1n) is 5.94. The third-order valence-corrected chi connectivity index (χ3v) is 3.26. The molecule has 1 aliphatic heterocycles. The van der Waals surface area contributed by atoms with Crippen LogP contribution in [-0.4, -0.2) is 24.5 Å². The number of likely N-dealkylation sites (tertiary alicyclic amines) is 1. The number of hydrogen-bond acceptors (Lipinski definition) is 1. The summed E-state index contributed by atoms with van der Waals surface area (Å²) in [6.45, 7) is 11.1. The predicted octanol–water partition coefficient (Wildman–Crippen LogP) is 3.15. The Morgan fingerprint density at radius 2 is 2.15 bits per heavy atom. The van der Waals surface area contributed by atoms with Gasteiger partial charge in [-0.05, 0) is 31.2 Å². The van der Waals surface area contributed by atoms with Crippen LogP contribution in [0.2, 0.25) is 0 Å². The van der Waals surface area contributed by atoms with Crippen molar-refractivity contribution < 1.29 is 0 Å². The van der Waals surface area contributed by atoms with E-state index in [-0.39, 0.29) is 0 Å². The van der Waals surface area contributed by atoms with E-state index in [0.29, 0.717) is 0 Å². The fourth-order valence-corrected chi connectivity index (χ4v) is 2.19. The SMILES string of the molecule is CCC(C)CN1CCCCC(C)C1. The number of rotatable bonds is 3. The third-order valence-electron chi connectivity index (χ3n) is 3.26. The second-order valence-electron chi connectivity index (χ2n) is 4.87. The smallest absolute Gasteiger partial charge is 0.000713 e. The normalized spacial score (nSPS) is 28.4. The summed E-state index contributed by atoms with van der Waals surface area (Å²) in [5.74, 6) is 1.80. The summed E-state index contributed by atoms with van der Waals surface area (Å²) in [6, 6.07) is 0. The van der Waals surface area contributed by atoms with Crippen molar-refractivity contribution in [2.24, 2.45) is 11.8 Å². The van der Waals surface area contributed by atoms with Gasteiger partial charge in [-0.25, -0.2) is 0 Å². The Kier molecular flexibility index (Phi) is 4.79. The van der Waals surface area contributed by atoms with Gasteiger partial charge in [0.05, 0.1) is 0 Å². The average Bonchev–Trinajstić information content (AvgIpc) is 2.30. The zero-order valence-electron chi connectivity index (χ0n) is 9.55. The number of hydrogen-bond donors (Lipinski definition) is 0. The van der Waals surface area contributed by atoms with Crippen LogP contribution in [0.3, 0.4) is 0 Å². The van der Waals surface area contributed by atoms with Crippen molar-refractivity contribution in [1.82, 2.24) is 4.90 Å². The maximum absolute atomic E-state index is 2.67. The van der Waals surface area contributed by atoms with Gasteiger partial charge in [0.2, 0.25) is 0 Å². The van der Waals surface area contributed by atoms with Crippen molar-refractivity contribution >= 4 is 0 Å². The molecular formula is C12H25N. The third kappa shape index (κ3) is 4.12. The first-order valence-corrected chi connectivity index (χ1v) is 5.94. The van der Waals surface area contributed by atoms with E-state index in [1.54, 1.807) is 0 Å². The molecule has 78 valence electrons. The van der Waals surface area contributed by atoms with Gasteiger partial charge in [0.25, 0.3) is 0 Å². The zero-order chi connectivity index (χ0) is 9.68. The summed E-state index contributed by atoms with van der Waals surface area (Å²) in [4.78, 5) is 2.67. The summed E-state index contributed by atoms with van der Waals surface area (Å²) >= 11 is 0. The Hall–Kier alpha value is -0.0400. The molecule has 1 fully saturated rings. The van der Waals surface area contributed by atoms with E-state index < -0.39 is 0 Å². The molecule has 2 unspecified atom stereocenters. The highest BCUT2D eigenvalue weighted by molar-refractivity contribution is 4.69. The molecule has 13 heavy (non-hydrogen) atoms. The van der Waals surface area contributed by atoms with Gasteiger partial charge in [-0.15, -0.1) is 0 Å². The van der Waals surface area contributed by atoms with Gasteiger partial charge in [-0.1, -0.05) is 33.6 Å². The Labute approximate surface area is 83.5 Å². The molecule has 0 radical (unpaired) electrons. The lowest BCUT2D eigenvalue weighted by Crippen LogP contribution is -2.31. The van der Waals surface area contributed by atoms with Crippen molar-refractivity contribution in [2.45, 2.75) is 46.5 Å². The molecule has 1 aliphatic rings. The molecule has 0 aliphatic carbocycles. The summed E-state index contributed by atoms with van der Waals surface area (Å²) in [5.41, 5.74) is 0. The van der Waals surface area contributed by atoms with Gasteiger partial charge in [0.15, 0.2) is 0 Å². The zero-order valence-corrected chi connectivity index (χ0v) is 9.55. The van der Waals surface area contributed by atoms with Crippen molar-refractivity contribution in [3.63, 3.8) is 0 Å². The minimum Gasteiger partial charge on any atom is -0.303 e. The monoisotopic (exact) mass is 183 g/mol. The van der Waals surface area contributed by atoms with Crippen LogP contribution in [0.4, 0.5) is 0 Å². The van der Waals surface area contributed by atoms with Gasteiger partial charge >= 0.3 is 0 Å². The van der Waals surface area contributed by atoms with Crippen LogP contribution >= 0.6 is 0 Å². The quantitative estimate of drug-likeness (QED) is 0.649. The molecule has 0 amide bonds. The predicted molar refractivity (Wildman–Crippen MR) is 58.9 cm³/mol. The van der Waals surface area contributed by atoms with Gasteiger partial charge < -0.3 is 4.90 Å². The highest BCUT2D eigenvalue weighted by atomic mass is 15.1. The molecule has 1 heteroatoms. The highest BCUT2D eigenvalue weighted by Crippen LogP contribution is 2.17. The Morgan fingerprint density at radius 1 is 1.38 bits per heavy atom. The molecule has 1 nitrogen and oxygen atoms in total. The van der Waals surface area contributed by atoms with Crippen LogP contribution < -0.4 is 0 Å². The van der Waals surface area contributed by atoms with Crippen LogP contribution in [0.25, 0.3) is 0 Å². The first-order chi connectivity index (χ1) is 6.22. The van der Waals surface area contributed by atoms with Crippen LogP contribution in [0.5, 0.6) is 0 Å². The molecule has 0 aromatic carbocycles. The van der Waals surface area contributed by atoms with Gasteiger partial charge in [-0.3, -0.25) is 0 Å². The van der Waals surface area contributed by atoms with E-state index in [1.165, 1.54) is 45.3 Å². The van der Waals surface area contributed by atoms with Gasteiger partial charge in [0.1, 0.15) is 0 Å². The van der Waals surface area contributed by atoms with Crippen LogP contribution in [0.1, 0.15) is 46.5 Å². The molecule has 1 rings (SSSR count). The van der Waals surface area contributed by atoms with Gasteiger partial charge in [-0.2, -0.15) is 0 Å². The fourth-order valence-electron chi connectivity index (χ4n) is 2.19. The Balaban J connectivity index is 2.30. The molecule has 0 aromatic heterocycles. The summed E-state index contributed by atoms with van der Waals surface area (Å²) in [7, 11) is 0. The molecule has 1 saturated heterocycles. The van der Waals surface area contributed by atoms with E-state index in [0.717, 1.165) is 11.8 Å². The second kappa shape index (κ2) is 5.64. The van der Waals surface area contributed by atoms with Crippen LogP contribution in [0, 0.1) is 11.8 Å². The topological polar surface area (TPSA) is 3.24 Å². The van der Waals surface area contributed by atoms with Crippen LogP contribution in [-0.2, 0) is 0 Å². The maximum Gasteiger partial charge on any atom is 0.000713 e. The van der Waals surface area contributed by atoms with Crippen molar-refractivity contribution in [3.05, 3.63) is 0 Å². The lowest BCUT2D eigenvalue weighted by molar-refractivity contribution is 0.221. The Bertz CT molecular complexity index is 133. The number of nitrogens with zero attached hydrogens (tertiary/aromatic N) is 1. The fraction of sp³-hybridized carbons (Fsp3) is 1.00. The molecule has 0 aromatic rings. The summed E-state index contributed by atoms with van der Waals surface area (Å²) < 4.78 is 0. The summed E-state index contributed by atoms with van der Waals surface area (Å²) in [5, 5.41) is 0. The molecule has 0 spiro atoms. The average molecular weight is 183 g/mol. The largest absolute Gasteiger partial charge is 0.303 e. The Morgan fingerprint density at radius 3 is 2.85 bits per heavy atom. The van der Waals surface area contributed by atoms with E-state index in [1.807, 2.05) is 0 Å². The molecule has 2 atom stereocenters. The van der Waals surface area contributed by atoms with E-state index in [9.17, 15) is 0 Å². The summed E-state index contributed by atoms with van der Waals surface area (Å²) in [6.07, 6.45) is 5.63.